The molecule has 3 heteroatoms. The predicted octanol–water partition coefficient (Wildman–Crippen LogP) is 4.33. The number of aliphatic hydroxyl groups excluding tert-OH is 1. The highest BCUT2D eigenvalue weighted by molar-refractivity contribution is 5.19. The molecule has 0 bridgehead atoms. The van der Waals surface area contributed by atoms with Crippen molar-refractivity contribution < 1.29 is 13.9 Å². The van der Waals surface area contributed by atoms with E-state index in [9.17, 15) is 13.9 Å². The molecule has 20 heavy (non-hydrogen) atoms. The zero-order valence-corrected chi connectivity index (χ0v) is 12.3. The summed E-state index contributed by atoms with van der Waals surface area (Å²) in [5.74, 6) is 0.768. The summed E-state index contributed by atoms with van der Waals surface area (Å²) in [5.41, 5.74) is 0.281. The molecular weight excluding hydrogens is 258 g/mol. The standard InChI is InChI=1S/C17H24F2O/c1-11(2)12-3-5-13(6-4-12)17(20)10-14-9-15(18)7-8-16(14)19/h7-9,11-13,17,20H,3-6,10H2,1-2H3. The van der Waals surface area contributed by atoms with Gasteiger partial charge in [-0.2, -0.15) is 0 Å². The lowest BCUT2D eigenvalue weighted by Gasteiger charge is -2.33. The van der Waals surface area contributed by atoms with Crippen LogP contribution in [0.5, 0.6) is 0 Å². The Morgan fingerprint density at radius 3 is 2.30 bits per heavy atom. The highest BCUT2D eigenvalue weighted by Crippen LogP contribution is 2.35. The van der Waals surface area contributed by atoms with Crippen LogP contribution in [-0.4, -0.2) is 11.2 Å². The van der Waals surface area contributed by atoms with E-state index in [0.29, 0.717) is 5.92 Å². The van der Waals surface area contributed by atoms with Gasteiger partial charge in [-0.15, -0.1) is 0 Å². The first kappa shape index (κ1) is 15.4. The second kappa shape index (κ2) is 6.66. The van der Waals surface area contributed by atoms with Gasteiger partial charge >= 0.3 is 0 Å². The first-order valence-electron chi connectivity index (χ1n) is 7.59. The van der Waals surface area contributed by atoms with Gasteiger partial charge in [0.2, 0.25) is 0 Å². The molecule has 0 saturated heterocycles. The molecule has 1 aromatic carbocycles. The van der Waals surface area contributed by atoms with E-state index in [0.717, 1.165) is 43.7 Å². The van der Waals surface area contributed by atoms with Crippen LogP contribution in [0.1, 0.15) is 45.1 Å². The second-order valence-corrected chi connectivity index (χ2v) is 6.43. The molecule has 1 atom stereocenters. The maximum absolute atomic E-state index is 13.6. The molecule has 1 N–H and O–H groups in total. The number of benzene rings is 1. The maximum Gasteiger partial charge on any atom is 0.126 e. The van der Waals surface area contributed by atoms with Gasteiger partial charge in [-0.05, 0) is 67.2 Å². The Kier molecular flexibility index (Phi) is 5.14. The van der Waals surface area contributed by atoms with E-state index in [1.54, 1.807) is 0 Å². The van der Waals surface area contributed by atoms with Gasteiger partial charge in [-0.3, -0.25) is 0 Å². The zero-order valence-electron chi connectivity index (χ0n) is 12.3. The fourth-order valence-electron chi connectivity index (χ4n) is 3.29. The highest BCUT2D eigenvalue weighted by atomic mass is 19.1. The van der Waals surface area contributed by atoms with Gasteiger partial charge in [0.15, 0.2) is 0 Å². The van der Waals surface area contributed by atoms with Crippen molar-refractivity contribution in [2.45, 2.75) is 52.1 Å². The van der Waals surface area contributed by atoms with Crippen LogP contribution in [0.3, 0.4) is 0 Å². The van der Waals surface area contributed by atoms with Crippen LogP contribution in [0.25, 0.3) is 0 Å². The molecule has 0 radical (unpaired) electrons. The van der Waals surface area contributed by atoms with Gasteiger partial charge in [-0.1, -0.05) is 13.8 Å². The third-order valence-electron chi connectivity index (χ3n) is 4.74. The lowest BCUT2D eigenvalue weighted by Crippen LogP contribution is -2.29. The average Bonchev–Trinajstić information content (AvgIpc) is 2.43. The van der Waals surface area contributed by atoms with Crippen LogP contribution >= 0.6 is 0 Å². The molecule has 0 heterocycles. The molecule has 0 spiro atoms. The van der Waals surface area contributed by atoms with Gasteiger partial charge in [0.1, 0.15) is 11.6 Å². The van der Waals surface area contributed by atoms with Gasteiger partial charge in [-0.25, -0.2) is 8.78 Å². The van der Waals surface area contributed by atoms with Crippen LogP contribution in [0.15, 0.2) is 18.2 Å². The van der Waals surface area contributed by atoms with E-state index in [1.807, 2.05) is 0 Å². The average molecular weight is 282 g/mol. The van der Waals surface area contributed by atoms with Crippen molar-refractivity contribution in [3.63, 3.8) is 0 Å². The molecule has 1 aliphatic rings. The monoisotopic (exact) mass is 282 g/mol. The van der Waals surface area contributed by atoms with Crippen molar-refractivity contribution in [1.82, 2.24) is 0 Å². The molecular formula is C17H24F2O. The Hall–Kier alpha value is -0.960. The SMILES string of the molecule is CC(C)C1CCC(C(O)Cc2cc(F)ccc2F)CC1. The van der Waals surface area contributed by atoms with E-state index in [2.05, 4.69) is 13.8 Å². The minimum Gasteiger partial charge on any atom is -0.392 e. The summed E-state index contributed by atoms with van der Waals surface area (Å²) < 4.78 is 26.7. The molecule has 1 nitrogen and oxygen atoms in total. The summed E-state index contributed by atoms with van der Waals surface area (Å²) >= 11 is 0. The van der Waals surface area contributed by atoms with Gasteiger partial charge in [0, 0.05) is 6.42 Å². The van der Waals surface area contributed by atoms with E-state index in [1.165, 1.54) is 6.07 Å². The quantitative estimate of drug-likeness (QED) is 0.871. The van der Waals surface area contributed by atoms with Crippen LogP contribution in [0.4, 0.5) is 8.78 Å². The number of rotatable bonds is 4. The lowest BCUT2D eigenvalue weighted by molar-refractivity contribution is 0.0668. The smallest absolute Gasteiger partial charge is 0.126 e. The molecule has 1 aromatic rings. The molecule has 0 aromatic heterocycles. The summed E-state index contributed by atoms with van der Waals surface area (Å²) in [7, 11) is 0. The van der Waals surface area contributed by atoms with Crippen molar-refractivity contribution in [3.05, 3.63) is 35.4 Å². The Morgan fingerprint density at radius 2 is 1.70 bits per heavy atom. The van der Waals surface area contributed by atoms with Gasteiger partial charge in [0.05, 0.1) is 6.10 Å². The Balaban J connectivity index is 1.92. The Labute approximate surface area is 120 Å². The van der Waals surface area contributed by atoms with Crippen LogP contribution in [0, 0.1) is 29.4 Å². The van der Waals surface area contributed by atoms with Crippen molar-refractivity contribution in [2.75, 3.05) is 0 Å². The fraction of sp³-hybridized carbons (Fsp3) is 0.647. The van der Waals surface area contributed by atoms with Crippen LogP contribution in [-0.2, 0) is 6.42 Å². The first-order chi connectivity index (χ1) is 9.47. The van der Waals surface area contributed by atoms with E-state index < -0.39 is 17.7 Å². The fourth-order valence-corrected chi connectivity index (χ4v) is 3.29. The predicted molar refractivity (Wildman–Crippen MR) is 76.4 cm³/mol. The van der Waals surface area contributed by atoms with Crippen molar-refractivity contribution in [3.8, 4) is 0 Å². The minimum absolute atomic E-state index is 0.209. The van der Waals surface area contributed by atoms with Crippen molar-refractivity contribution in [1.29, 1.82) is 0 Å². The molecule has 1 saturated carbocycles. The first-order valence-corrected chi connectivity index (χ1v) is 7.59. The van der Waals surface area contributed by atoms with Gasteiger partial charge in [0.25, 0.3) is 0 Å². The lowest BCUT2D eigenvalue weighted by atomic mass is 9.74. The summed E-state index contributed by atoms with van der Waals surface area (Å²) in [6.45, 7) is 4.48. The molecule has 1 unspecified atom stereocenters. The van der Waals surface area contributed by atoms with Crippen LogP contribution < -0.4 is 0 Å². The molecule has 1 fully saturated rings. The highest BCUT2D eigenvalue weighted by Gasteiger charge is 2.28. The number of halogens is 2. The van der Waals surface area contributed by atoms with E-state index in [-0.39, 0.29) is 17.9 Å². The maximum atomic E-state index is 13.6. The summed E-state index contributed by atoms with van der Waals surface area (Å²) in [6, 6.07) is 3.43. The summed E-state index contributed by atoms with van der Waals surface area (Å²) in [6.07, 6.45) is 3.87. The largest absolute Gasteiger partial charge is 0.392 e. The minimum atomic E-state index is -0.570. The third kappa shape index (κ3) is 3.78. The van der Waals surface area contributed by atoms with E-state index >= 15 is 0 Å². The normalized spacial score (nSPS) is 24.9. The number of hydrogen-bond donors (Lipinski definition) is 1. The zero-order chi connectivity index (χ0) is 14.7. The topological polar surface area (TPSA) is 20.2 Å². The molecule has 2 rings (SSSR count). The molecule has 1 aliphatic carbocycles. The summed E-state index contributed by atoms with van der Waals surface area (Å²) in [5, 5.41) is 10.3. The summed E-state index contributed by atoms with van der Waals surface area (Å²) in [4.78, 5) is 0. The van der Waals surface area contributed by atoms with E-state index in [4.69, 9.17) is 0 Å². The second-order valence-electron chi connectivity index (χ2n) is 6.43. The molecule has 0 amide bonds. The van der Waals surface area contributed by atoms with Crippen LogP contribution in [0.2, 0.25) is 0 Å². The Morgan fingerprint density at radius 1 is 1.10 bits per heavy atom. The molecule has 0 aliphatic heterocycles. The van der Waals surface area contributed by atoms with Crippen molar-refractivity contribution >= 4 is 0 Å². The number of aliphatic hydroxyl groups is 1. The Bertz CT molecular complexity index is 437. The van der Waals surface area contributed by atoms with Gasteiger partial charge < -0.3 is 5.11 Å². The molecule has 112 valence electrons. The number of hydrogen-bond acceptors (Lipinski definition) is 1. The third-order valence-corrected chi connectivity index (χ3v) is 4.74. The van der Waals surface area contributed by atoms with Crippen molar-refractivity contribution in [2.24, 2.45) is 17.8 Å².